The van der Waals surface area contributed by atoms with Gasteiger partial charge in [0.15, 0.2) is 6.10 Å². The summed E-state index contributed by atoms with van der Waals surface area (Å²) in [6, 6.07) is 4.07. The maximum atomic E-state index is 8.65. The first-order valence-electron chi connectivity index (χ1n) is 3.26. The topological polar surface area (TPSA) is 33.0 Å². The van der Waals surface area contributed by atoms with Crippen LogP contribution < -0.4 is 0 Å². The number of rotatable bonds is 2. The fraction of sp³-hybridized carbons (Fsp3) is 0.375. The molecule has 1 aromatic heterocycles. The maximum Gasteiger partial charge on any atom is 0.177 e. The molecule has 0 N–H and O–H groups in total. The Morgan fingerprint density at radius 1 is 1.73 bits per heavy atom. The van der Waals surface area contributed by atoms with Crippen molar-refractivity contribution in [2.24, 2.45) is 0 Å². The summed E-state index contributed by atoms with van der Waals surface area (Å²) in [7, 11) is 1.55. The summed E-state index contributed by atoms with van der Waals surface area (Å²) in [6.07, 6.45) is -0.394. The first kappa shape index (κ1) is 8.25. The van der Waals surface area contributed by atoms with Gasteiger partial charge in [0.2, 0.25) is 0 Å². The van der Waals surface area contributed by atoms with Crippen molar-refractivity contribution in [2.45, 2.75) is 13.0 Å². The van der Waals surface area contributed by atoms with Gasteiger partial charge in [-0.15, -0.1) is 11.3 Å². The molecule has 11 heavy (non-hydrogen) atoms. The Balaban J connectivity index is 2.92. The van der Waals surface area contributed by atoms with Gasteiger partial charge in [-0.25, -0.2) is 0 Å². The highest BCUT2D eigenvalue weighted by Gasteiger charge is 2.12. The Bertz CT molecular complexity index is 274. The van der Waals surface area contributed by atoms with Crippen LogP contribution in [0, 0.1) is 18.3 Å². The van der Waals surface area contributed by atoms with Crippen molar-refractivity contribution in [2.75, 3.05) is 7.11 Å². The first-order valence-corrected chi connectivity index (χ1v) is 4.14. The number of thiophene rings is 1. The van der Waals surface area contributed by atoms with Crippen molar-refractivity contribution in [3.05, 3.63) is 21.9 Å². The van der Waals surface area contributed by atoms with Crippen LogP contribution in [0.25, 0.3) is 0 Å². The molecule has 0 aliphatic heterocycles. The summed E-state index contributed by atoms with van der Waals surface area (Å²) in [6.45, 7) is 1.98. The van der Waals surface area contributed by atoms with Gasteiger partial charge < -0.3 is 4.74 Å². The monoisotopic (exact) mass is 167 g/mol. The van der Waals surface area contributed by atoms with E-state index in [1.807, 2.05) is 18.4 Å². The highest BCUT2D eigenvalue weighted by molar-refractivity contribution is 7.10. The average Bonchev–Trinajstić information content (AvgIpc) is 2.40. The zero-order valence-corrected chi connectivity index (χ0v) is 7.31. The third-order valence-corrected chi connectivity index (χ3v) is 2.55. The molecule has 1 heterocycles. The van der Waals surface area contributed by atoms with Crippen LogP contribution in [0.5, 0.6) is 0 Å². The molecular weight excluding hydrogens is 158 g/mol. The van der Waals surface area contributed by atoms with Gasteiger partial charge in [0.1, 0.15) is 6.07 Å². The van der Waals surface area contributed by atoms with Gasteiger partial charge in [0.25, 0.3) is 0 Å². The molecule has 0 aliphatic rings. The molecule has 0 spiro atoms. The minimum absolute atomic E-state index is 0.394. The second kappa shape index (κ2) is 3.51. The number of hydrogen-bond acceptors (Lipinski definition) is 3. The fourth-order valence-corrected chi connectivity index (χ4v) is 1.82. The number of nitrogens with zero attached hydrogens (tertiary/aromatic N) is 1. The molecule has 1 rings (SSSR count). The van der Waals surface area contributed by atoms with Crippen molar-refractivity contribution in [3.8, 4) is 6.07 Å². The molecule has 0 bridgehead atoms. The summed E-state index contributed by atoms with van der Waals surface area (Å²) in [4.78, 5) is 1.01. The van der Waals surface area contributed by atoms with E-state index in [2.05, 4.69) is 6.07 Å². The number of nitriles is 1. The van der Waals surface area contributed by atoms with Crippen LogP contribution in [0.15, 0.2) is 11.4 Å². The van der Waals surface area contributed by atoms with Crippen molar-refractivity contribution in [1.82, 2.24) is 0 Å². The van der Waals surface area contributed by atoms with E-state index < -0.39 is 6.10 Å². The summed E-state index contributed by atoms with van der Waals surface area (Å²) >= 11 is 1.56. The van der Waals surface area contributed by atoms with Crippen LogP contribution in [-0.4, -0.2) is 7.11 Å². The van der Waals surface area contributed by atoms with Gasteiger partial charge in [-0.05, 0) is 23.9 Å². The third-order valence-electron chi connectivity index (χ3n) is 1.49. The lowest BCUT2D eigenvalue weighted by molar-refractivity contribution is 0.151. The first-order chi connectivity index (χ1) is 5.29. The Morgan fingerprint density at radius 2 is 2.45 bits per heavy atom. The lowest BCUT2D eigenvalue weighted by Gasteiger charge is -2.04. The molecule has 58 valence electrons. The van der Waals surface area contributed by atoms with Crippen molar-refractivity contribution in [1.29, 1.82) is 5.26 Å². The SMILES string of the molecule is COC(C#N)c1sccc1C. The van der Waals surface area contributed by atoms with Gasteiger partial charge in [0, 0.05) is 7.11 Å². The predicted molar refractivity (Wildman–Crippen MR) is 44.4 cm³/mol. The fourth-order valence-electron chi connectivity index (χ4n) is 0.871. The summed E-state index contributed by atoms with van der Waals surface area (Å²) in [5, 5.41) is 10.6. The van der Waals surface area contributed by atoms with E-state index in [0.717, 1.165) is 10.4 Å². The van der Waals surface area contributed by atoms with E-state index in [-0.39, 0.29) is 0 Å². The molecule has 1 unspecified atom stereocenters. The van der Waals surface area contributed by atoms with E-state index in [1.54, 1.807) is 18.4 Å². The molecule has 0 aromatic carbocycles. The van der Waals surface area contributed by atoms with Crippen LogP contribution in [0.2, 0.25) is 0 Å². The van der Waals surface area contributed by atoms with Gasteiger partial charge >= 0.3 is 0 Å². The highest BCUT2D eigenvalue weighted by Crippen LogP contribution is 2.25. The quantitative estimate of drug-likeness (QED) is 0.677. The van der Waals surface area contributed by atoms with Gasteiger partial charge in [-0.2, -0.15) is 5.26 Å². The highest BCUT2D eigenvalue weighted by atomic mass is 32.1. The molecule has 0 saturated carbocycles. The lowest BCUT2D eigenvalue weighted by atomic mass is 10.2. The number of aryl methyl sites for hydroxylation is 1. The minimum Gasteiger partial charge on any atom is -0.361 e. The maximum absolute atomic E-state index is 8.65. The summed E-state index contributed by atoms with van der Waals surface area (Å²) in [5.41, 5.74) is 1.13. The van der Waals surface area contributed by atoms with Crippen molar-refractivity contribution < 1.29 is 4.74 Å². The molecule has 0 aliphatic carbocycles. The van der Waals surface area contributed by atoms with E-state index in [0.29, 0.717) is 0 Å². The second-order valence-corrected chi connectivity index (χ2v) is 3.16. The molecule has 0 fully saturated rings. The van der Waals surface area contributed by atoms with E-state index in [1.165, 1.54) is 0 Å². The minimum atomic E-state index is -0.394. The summed E-state index contributed by atoms with van der Waals surface area (Å²) in [5.74, 6) is 0. The van der Waals surface area contributed by atoms with Crippen LogP contribution in [0.4, 0.5) is 0 Å². The molecule has 1 atom stereocenters. The average molecular weight is 167 g/mol. The van der Waals surface area contributed by atoms with Crippen molar-refractivity contribution >= 4 is 11.3 Å². The van der Waals surface area contributed by atoms with E-state index in [9.17, 15) is 0 Å². The van der Waals surface area contributed by atoms with Gasteiger partial charge in [0.05, 0.1) is 4.88 Å². The van der Waals surface area contributed by atoms with Crippen LogP contribution in [0.3, 0.4) is 0 Å². The zero-order chi connectivity index (χ0) is 8.27. The van der Waals surface area contributed by atoms with Crippen LogP contribution in [0.1, 0.15) is 16.5 Å². The Labute approximate surface area is 70.0 Å². The number of hydrogen-bond donors (Lipinski definition) is 0. The molecule has 1 aromatic rings. The smallest absolute Gasteiger partial charge is 0.177 e. The Hall–Kier alpha value is -0.850. The number of ether oxygens (including phenoxy) is 1. The molecule has 0 saturated heterocycles. The Kier molecular flexibility index (Phi) is 2.64. The third kappa shape index (κ3) is 1.59. The van der Waals surface area contributed by atoms with Gasteiger partial charge in [-0.1, -0.05) is 0 Å². The van der Waals surface area contributed by atoms with E-state index in [4.69, 9.17) is 10.00 Å². The molecule has 3 heteroatoms. The zero-order valence-electron chi connectivity index (χ0n) is 6.50. The van der Waals surface area contributed by atoms with Gasteiger partial charge in [-0.3, -0.25) is 0 Å². The molecule has 0 amide bonds. The molecular formula is C8H9NOS. The standard InChI is InChI=1S/C8H9NOS/c1-6-3-4-11-8(6)7(5-9)10-2/h3-4,7H,1-2H3. The Morgan fingerprint density at radius 3 is 2.82 bits per heavy atom. The van der Waals surface area contributed by atoms with Crippen LogP contribution in [-0.2, 0) is 4.74 Å². The number of methoxy groups -OCH3 is 1. The van der Waals surface area contributed by atoms with Crippen LogP contribution >= 0.6 is 11.3 Å². The molecule has 0 radical (unpaired) electrons. The second-order valence-electron chi connectivity index (χ2n) is 2.21. The molecule has 2 nitrogen and oxygen atoms in total. The summed E-state index contributed by atoms with van der Waals surface area (Å²) < 4.78 is 4.97. The lowest BCUT2D eigenvalue weighted by Crippen LogP contribution is -1.96. The normalized spacial score (nSPS) is 12.5. The largest absolute Gasteiger partial charge is 0.361 e. The van der Waals surface area contributed by atoms with E-state index >= 15 is 0 Å². The van der Waals surface area contributed by atoms with Crippen molar-refractivity contribution in [3.63, 3.8) is 0 Å². The predicted octanol–water partition coefficient (Wildman–Crippen LogP) is 2.27.